The van der Waals surface area contributed by atoms with Crippen molar-refractivity contribution in [2.75, 3.05) is 13.6 Å². The van der Waals surface area contributed by atoms with Gasteiger partial charge in [0.2, 0.25) is 0 Å². The fraction of sp³-hybridized carbons (Fsp3) is 1.00. The molecule has 1 aliphatic rings. The molecule has 0 amide bonds. The van der Waals surface area contributed by atoms with Gasteiger partial charge in [0.05, 0.1) is 0 Å². The lowest BCUT2D eigenvalue weighted by Gasteiger charge is -2.22. The van der Waals surface area contributed by atoms with Crippen LogP contribution < -0.4 is 0 Å². The molecule has 1 rings (SSSR count). The molecule has 1 saturated heterocycles. The van der Waals surface area contributed by atoms with Gasteiger partial charge in [-0.25, -0.2) is 0 Å². The van der Waals surface area contributed by atoms with E-state index < -0.39 is 0 Å². The van der Waals surface area contributed by atoms with Gasteiger partial charge in [-0.3, -0.25) is 0 Å². The molecule has 1 heteroatoms. The van der Waals surface area contributed by atoms with E-state index in [0.29, 0.717) is 0 Å². The van der Waals surface area contributed by atoms with E-state index in [0.717, 1.165) is 17.9 Å². The molecule has 0 aromatic heterocycles. The molecule has 0 aromatic carbocycles. The largest absolute Gasteiger partial charge is 0.303 e. The smallest absolute Gasteiger partial charge is 0.0118 e. The summed E-state index contributed by atoms with van der Waals surface area (Å²) < 4.78 is 0. The Morgan fingerprint density at radius 1 is 1.40 bits per heavy atom. The fourth-order valence-electron chi connectivity index (χ4n) is 2.07. The van der Waals surface area contributed by atoms with E-state index in [1.54, 1.807) is 0 Å². The average molecular weight is 141 g/mol. The lowest BCUT2D eigenvalue weighted by Crippen LogP contribution is -2.29. The highest BCUT2D eigenvalue weighted by Crippen LogP contribution is 2.25. The third-order valence-electron chi connectivity index (χ3n) is 2.58. The van der Waals surface area contributed by atoms with E-state index in [4.69, 9.17) is 0 Å². The van der Waals surface area contributed by atoms with Crippen molar-refractivity contribution in [3.8, 4) is 0 Å². The van der Waals surface area contributed by atoms with E-state index in [9.17, 15) is 0 Å². The van der Waals surface area contributed by atoms with Crippen LogP contribution in [0.2, 0.25) is 0 Å². The zero-order chi connectivity index (χ0) is 7.72. The number of nitrogens with zero attached hydrogens (tertiary/aromatic N) is 1. The second kappa shape index (κ2) is 2.91. The van der Waals surface area contributed by atoms with Crippen molar-refractivity contribution >= 4 is 0 Å². The number of rotatable bonds is 1. The van der Waals surface area contributed by atoms with Crippen LogP contribution >= 0.6 is 0 Å². The Kier molecular flexibility index (Phi) is 2.35. The first kappa shape index (κ1) is 8.06. The van der Waals surface area contributed by atoms with Gasteiger partial charge < -0.3 is 4.90 Å². The van der Waals surface area contributed by atoms with Crippen LogP contribution in [0, 0.1) is 11.8 Å². The first-order chi connectivity index (χ1) is 4.61. The SMILES string of the molecule is CC(C)[C@H]1C[C@@H](C)CN1C. The summed E-state index contributed by atoms with van der Waals surface area (Å²) in [6, 6.07) is 0.843. The second-order valence-corrected chi connectivity index (χ2v) is 4.09. The summed E-state index contributed by atoms with van der Waals surface area (Å²) in [5.41, 5.74) is 0. The predicted molar refractivity (Wildman–Crippen MR) is 45.0 cm³/mol. The van der Waals surface area contributed by atoms with E-state index in [-0.39, 0.29) is 0 Å². The Bertz CT molecular complexity index is 109. The van der Waals surface area contributed by atoms with Crippen molar-refractivity contribution in [1.29, 1.82) is 0 Å². The summed E-state index contributed by atoms with van der Waals surface area (Å²) in [5, 5.41) is 0. The number of likely N-dealkylation sites (tertiary alicyclic amines) is 1. The number of hydrogen-bond donors (Lipinski definition) is 0. The topological polar surface area (TPSA) is 3.24 Å². The molecule has 1 aliphatic heterocycles. The van der Waals surface area contributed by atoms with Gasteiger partial charge in [0, 0.05) is 12.6 Å². The van der Waals surface area contributed by atoms with Crippen LogP contribution in [0.5, 0.6) is 0 Å². The molecular formula is C9H19N. The zero-order valence-electron chi connectivity index (χ0n) is 7.59. The molecule has 60 valence electrons. The van der Waals surface area contributed by atoms with Crippen molar-refractivity contribution in [3.63, 3.8) is 0 Å². The third-order valence-corrected chi connectivity index (χ3v) is 2.58. The average Bonchev–Trinajstić information content (AvgIpc) is 2.10. The monoisotopic (exact) mass is 141 g/mol. The van der Waals surface area contributed by atoms with Crippen LogP contribution in [0.25, 0.3) is 0 Å². The normalized spacial score (nSPS) is 35.7. The van der Waals surface area contributed by atoms with Crippen LogP contribution in [-0.4, -0.2) is 24.5 Å². The van der Waals surface area contributed by atoms with Gasteiger partial charge in [0.1, 0.15) is 0 Å². The summed E-state index contributed by atoms with van der Waals surface area (Å²) in [6.07, 6.45) is 1.40. The van der Waals surface area contributed by atoms with Gasteiger partial charge in [-0.1, -0.05) is 20.8 Å². The molecule has 0 aliphatic carbocycles. The third kappa shape index (κ3) is 1.51. The maximum Gasteiger partial charge on any atom is 0.0118 e. The summed E-state index contributed by atoms with van der Waals surface area (Å²) in [4.78, 5) is 2.50. The van der Waals surface area contributed by atoms with Crippen molar-refractivity contribution in [1.82, 2.24) is 4.90 Å². The Morgan fingerprint density at radius 2 is 2.00 bits per heavy atom. The van der Waals surface area contributed by atoms with Crippen LogP contribution in [0.4, 0.5) is 0 Å². The van der Waals surface area contributed by atoms with Crippen molar-refractivity contribution < 1.29 is 0 Å². The van der Waals surface area contributed by atoms with Crippen molar-refractivity contribution in [2.45, 2.75) is 33.2 Å². The summed E-state index contributed by atoms with van der Waals surface area (Å²) >= 11 is 0. The second-order valence-electron chi connectivity index (χ2n) is 4.09. The van der Waals surface area contributed by atoms with Crippen LogP contribution in [-0.2, 0) is 0 Å². The van der Waals surface area contributed by atoms with Gasteiger partial charge in [0.25, 0.3) is 0 Å². The minimum absolute atomic E-state index is 0.829. The molecule has 0 bridgehead atoms. The molecule has 0 saturated carbocycles. The van der Waals surface area contributed by atoms with E-state index in [1.807, 2.05) is 0 Å². The van der Waals surface area contributed by atoms with Crippen molar-refractivity contribution in [2.24, 2.45) is 11.8 Å². The molecular weight excluding hydrogens is 122 g/mol. The Labute approximate surface area is 64.4 Å². The minimum Gasteiger partial charge on any atom is -0.303 e. The fourth-order valence-corrected chi connectivity index (χ4v) is 2.07. The Morgan fingerprint density at radius 3 is 2.20 bits per heavy atom. The highest BCUT2D eigenvalue weighted by molar-refractivity contribution is 4.82. The van der Waals surface area contributed by atoms with E-state index in [1.165, 1.54) is 13.0 Å². The molecule has 0 aromatic rings. The minimum atomic E-state index is 0.829. The summed E-state index contributed by atoms with van der Waals surface area (Å²) in [7, 11) is 2.24. The molecule has 2 atom stereocenters. The molecule has 1 heterocycles. The Balaban J connectivity index is 2.46. The molecule has 0 radical (unpaired) electrons. The first-order valence-corrected chi connectivity index (χ1v) is 4.31. The molecule has 1 fully saturated rings. The first-order valence-electron chi connectivity index (χ1n) is 4.31. The van der Waals surface area contributed by atoms with Gasteiger partial charge in [0.15, 0.2) is 0 Å². The molecule has 0 spiro atoms. The van der Waals surface area contributed by atoms with E-state index in [2.05, 4.69) is 32.7 Å². The highest BCUT2D eigenvalue weighted by Gasteiger charge is 2.28. The van der Waals surface area contributed by atoms with Crippen LogP contribution in [0.3, 0.4) is 0 Å². The Hall–Kier alpha value is -0.0400. The highest BCUT2D eigenvalue weighted by atomic mass is 15.2. The standard InChI is InChI=1S/C9H19N/c1-7(2)9-5-8(3)6-10(9)4/h7-9H,5-6H2,1-4H3/t8-,9-/m1/s1. The van der Waals surface area contributed by atoms with Gasteiger partial charge in [-0.15, -0.1) is 0 Å². The lowest BCUT2D eigenvalue weighted by molar-refractivity contribution is 0.250. The molecule has 1 nitrogen and oxygen atoms in total. The van der Waals surface area contributed by atoms with Crippen LogP contribution in [0.15, 0.2) is 0 Å². The summed E-state index contributed by atoms with van der Waals surface area (Å²) in [5.74, 6) is 1.74. The molecule has 10 heavy (non-hydrogen) atoms. The summed E-state index contributed by atoms with van der Waals surface area (Å²) in [6.45, 7) is 8.28. The number of hydrogen-bond acceptors (Lipinski definition) is 1. The van der Waals surface area contributed by atoms with Crippen molar-refractivity contribution in [3.05, 3.63) is 0 Å². The predicted octanol–water partition coefficient (Wildman–Crippen LogP) is 1.98. The van der Waals surface area contributed by atoms with Crippen LogP contribution in [0.1, 0.15) is 27.2 Å². The quantitative estimate of drug-likeness (QED) is 0.539. The van der Waals surface area contributed by atoms with Gasteiger partial charge >= 0.3 is 0 Å². The van der Waals surface area contributed by atoms with Gasteiger partial charge in [-0.2, -0.15) is 0 Å². The zero-order valence-corrected chi connectivity index (χ0v) is 7.59. The lowest BCUT2D eigenvalue weighted by atomic mass is 9.99. The molecule has 0 N–H and O–H groups in total. The maximum absolute atomic E-state index is 2.50. The maximum atomic E-state index is 2.50. The molecule has 0 unspecified atom stereocenters. The van der Waals surface area contributed by atoms with E-state index >= 15 is 0 Å². The van der Waals surface area contributed by atoms with Gasteiger partial charge in [-0.05, 0) is 25.3 Å².